The lowest BCUT2D eigenvalue weighted by atomic mass is 10.00. The van der Waals surface area contributed by atoms with Gasteiger partial charge in [-0.3, -0.25) is 9.52 Å². The number of sulfonamides is 1. The van der Waals surface area contributed by atoms with Crippen LogP contribution in [-0.4, -0.2) is 25.9 Å². The molecule has 170 valence electrons. The molecule has 2 aliphatic rings. The molecule has 2 aliphatic heterocycles. The van der Waals surface area contributed by atoms with E-state index in [0.29, 0.717) is 31.5 Å². The summed E-state index contributed by atoms with van der Waals surface area (Å²) in [6.45, 7) is 0.624. The highest BCUT2D eigenvalue weighted by atomic mass is 32.2. The topological polar surface area (TPSA) is 79.4 Å². The minimum atomic E-state index is -3.78. The molecule has 3 heterocycles. The standard InChI is InChI=1S/C26H21N3O3S2/c30-24-10-9-19-14-22(15-20-11-12-29(24)25(19)20)34(31,32)28-21-8-4-7-18(13-21)23-16-33-26(27-23)17-5-2-1-3-6-17/h1-8,13-16,28H,9-12H2. The van der Waals surface area contributed by atoms with Crippen molar-refractivity contribution in [3.63, 3.8) is 0 Å². The summed E-state index contributed by atoms with van der Waals surface area (Å²) < 4.78 is 29.3. The third-order valence-corrected chi connectivity index (χ3v) is 8.52. The molecule has 0 radical (unpaired) electrons. The van der Waals surface area contributed by atoms with Crippen LogP contribution in [0.15, 0.2) is 77.0 Å². The molecule has 34 heavy (non-hydrogen) atoms. The zero-order valence-corrected chi connectivity index (χ0v) is 19.8. The fourth-order valence-corrected chi connectivity index (χ4v) is 6.64. The monoisotopic (exact) mass is 487 g/mol. The van der Waals surface area contributed by atoms with Gasteiger partial charge in [-0.1, -0.05) is 42.5 Å². The first-order valence-corrected chi connectivity index (χ1v) is 13.4. The van der Waals surface area contributed by atoms with Crippen LogP contribution < -0.4 is 9.62 Å². The van der Waals surface area contributed by atoms with E-state index in [4.69, 9.17) is 4.98 Å². The summed E-state index contributed by atoms with van der Waals surface area (Å²) in [7, 11) is -3.78. The number of hydrogen-bond donors (Lipinski definition) is 1. The Morgan fingerprint density at radius 2 is 1.65 bits per heavy atom. The molecule has 6 nitrogen and oxygen atoms in total. The molecule has 0 unspecified atom stereocenters. The molecule has 4 aromatic rings. The summed E-state index contributed by atoms with van der Waals surface area (Å²) in [4.78, 5) is 18.9. The van der Waals surface area contributed by atoms with Gasteiger partial charge in [0.05, 0.1) is 16.3 Å². The summed E-state index contributed by atoms with van der Waals surface area (Å²) in [5, 5.41) is 2.90. The average Bonchev–Trinajstić information content (AvgIpc) is 3.51. The van der Waals surface area contributed by atoms with Crippen molar-refractivity contribution < 1.29 is 13.2 Å². The number of aryl methyl sites for hydroxylation is 1. The van der Waals surface area contributed by atoms with Crippen molar-refractivity contribution in [2.75, 3.05) is 16.2 Å². The van der Waals surface area contributed by atoms with Gasteiger partial charge in [0.2, 0.25) is 5.91 Å². The number of thiazole rings is 1. The van der Waals surface area contributed by atoms with Crippen LogP contribution in [0.2, 0.25) is 0 Å². The fourth-order valence-electron chi connectivity index (χ4n) is 4.66. The Kier molecular flexibility index (Phi) is 5.00. The maximum absolute atomic E-state index is 13.3. The van der Waals surface area contributed by atoms with E-state index in [-0.39, 0.29) is 10.8 Å². The third kappa shape index (κ3) is 3.69. The van der Waals surface area contributed by atoms with Crippen molar-refractivity contribution in [2.45, 2.75) is 24.2 Å². The predicted molar refractivity (Wildman–Crippen MR) is 135 cm³/mol. The van der Waals surface area contributed by atoms with E-state index in [1.54, 1.807) is 40.5 Å². The Balaban J connectivity index is 1.29. The molecule has 1 amide bonds. The van der Waals surface area contributed by atoms with Gasteiger partial charge in [0, 0.05) is 35.2 Å². The highest BCUT2D eigenvalue weighted by molar-refractivity contribution is 7.92. The lowest BCUT2D eigenvalue weighted by Crippen LogP contribution is -2.33. The van der Waals surface area contributed by atoms with Crippen molar-refractivity contribution in [3.8, 4) is 21.8 Å². The van der Waals surface area contributed by atoms with Gasteiger partial charge >= 0.3 is 0 Å². The van der Waals surface area contributed by atoms with Crippen molar-refractivity contribution in [1.29, 1.82) is 0 Å². The molecule has 0 atom stereocenters. The second-order valence-electron chi connectivity index (χ2n) is 8.48. The Morgan fingerprint density at radius 1 is 0.882 bits per heavy atom. The van der Waals surface area contributed by atoms with E-state index in [1.165, 1.54) is 0 Å². The Hall–Kier alpha value is -3.49. The number of nitrogens with one attached hydrogen (secondary N) is 1. The van der Waals surface area contributed by atoms with Gasteiger partial charge < -0.3 is 4.90 Å². The average molecular weight is 488 g/mol. The van der Waals surface area contributed by atoms with E-state index >= 15 is 0 Å². The van der Waals surface area contributed by atoms with Gasteiger partial charge in [-0.25, -0.2) is 13.4 Å². The minimum absolute atomic E-state index is 0.120. The van der Waals surface area contributed by atoms with Gasteiger partial charge in [-0.05, 0) is 48.2 Å². The van der Waals surface area contributed by atoms with E-state index in [2.05, 4.69) is 4.72 Å². The number of hydrogen-bond acceptors (Lipinski definition) is 5. The van der Waals surface area contributed by atoms with Crippen LogP contribution in [0.3, 0.4) is 0 Å². The van der Waals surface area contributed by atoms with Crippen LogP contribution in [0.25, 0.3) is 21.8 Å². The number of carbonyl (C=O) groups excluding carboxylic acids is 1. The van der Waals surface area contributed by atoms with Gasteiger partial charge in [0.1, 0.15) is 5.01 Å². The lowest BCUT2D eigenvalue weighted by molar-refractivity contribution is -0.118. The molecule has 3 aromatic carbocycles. The maximum atomic E-state index is 13.3. The van der Waals surface area contributed by atoms with Crippen LogP contribution in [0.4, 0.5) is 11.4 Å². The number of benzene rings is 3. The van der Waals surface area contributed by atoms with Crippen LogP contribution in [0, 0.1) is 0 Å². The first-order chi connectivity index (χ1) is 16.5. The lowest BCUT2D eigenvalue weighted by Gasteiger charge is -2.25. The largest absolute Gasteiger partial charge is 0.312 e. The first kappa shape index (κ1) is 21.1. The number of aromatic nitrogens is 1. The number of anilines is 2. The molecule has 0 spiro atoms. The highest BCUT2D eigenvalue weighted by Gasteiger charge is 2.33. The predicted octanol–water partition coefficient (Wildman–Crippen LogP) is 5.11. The van der Waals surface area contributed by atoms with Crippen LogP contribution >= 0.6 is 11.3 Å². The molecule has 1 N–H and O–H groups in total. The fraction of sp³-hybridized carbons (Fsp3) is 0.154. The second kappa shape index (κ2) is 8.07. The maximum Gasteiger partial charge on any atom is 0.261 e. The zero-order valence-electron chi connectivity index (χ0n) is 18.2. The molecule has 0 saturated heterocycles. The molecule has 8 heteroatoms. The summed E-state index contributed by atoms with van der Waals surface area (Å²) in [6.07, 6.45) is 1.68. The zero-order chi connectivity index (χ0) is 23.3. The number of rotatable bonds is 5. The van der Waals surface area contributed by atoms with Crippen LogP contribution in [-0.2, 0) is 27.7 Å². The molecule has 1 aromatic heterocycles. The number of nitrogens with zero attached hydrogens (tertiary/aromatic N) is 2. The Bertz CT molecular complexity index is 1530. The van der Waals surface area contributed by atoms with E-state index in [9.17, 15) is 13.2 Å². The van der Waals surface area contributed by atoms with Gasteiger partial charge in [0.25, 0.3) is 10.0 Å². The van der Waals surface area contributed by atoms with Crippen LogP contribution in [0.1, 0.15) is 17.5 Å². The third-order valence-electron chi connectivity index (χ3n) is 6.27. The summed E-state index contributed by atoms with van der Waals surface area (Å²) >= 11 is 1.56. The molecule has 0 saturated carbocycles. The van der Waals surface area contributed by atoms with Gasteiger partial charge in [-0.15, -0.1) is 11.3 Å². The minimum Gasteiger partial charge on any atom is -0.312 e. The summed E-state index contributed by atoms with van der Waals surface area (Å²) in [5.41, 5.74) is 5.95. The normalized spacial score (nSPS) is 14.8. The molecule has 0 aliphatic carbocycles. The summed E-state index contributed by atoms with van der Waals surface area (Å²) in [6, 6.07) is 20.7. The highest BCUT2D eigenvalue weighted by Crippen LogP contribution is 2.39. The second-order valence-corrected chi connectivity index (χ2v) is 11.0. The van der Waals surface area contributed by atoms with Crippen LogP contribution in [0.5, 0.6) is 0 Å². The van der Waals surface area contributed by atoms with Crippen molar-refractivity contribution in [3.05, 3.63) is 83.2 Å². The van der Waals surface area contributed by atoms with Gasteiger partial charge in [0.15, 0.2) is 0 Å². The quantitative estimate of drug-likeness (QED) is 0.424. The summed E-state index contributed by atoms with van der Waals surface area (Å²) in [5.74, 6) is 0.120. The van der Waals surface area contributed by atoms with Crippen molar-refractivity contribution in [1.82, 2.24) is 4.98 Å². The Labute approximate surface area is 202 Å². The van der Waals surface area contributed by atoms with E-state index in [1.807, 2.05) is 47.8 Å². The number of carbonyl (C=O) groups is 1. The van der Waals surface area contributed by atoms with E-state index in [0.717, 1.165) is 38.6 Å². The molecular formula is C26H21N3O3S2. The molecule has 0 fully saturated rings. The number of amides is 1. The van der Waals surface area contributed by atoms with Crippen molar-refractivity contribution >= 4 is 38.6 Å². The van der Waals surface area contributed by atoms with E-state index < -0.39 is 10.0 Å². The molecular weight excluding hydrogens is 466 g/mol. The smallest absolute Gasteiger partial charge is 0.261 e. The Morgan fingerprint density at radius 3 is 2.47 bits per heavy atom. The molecule has 0 bridgehead atoms. The van der Waals surface area contributed by atoms with Gasteiger partial charge in [-0.2, -0.15) is 0 Å². The van der Waals surface area contributed by atoms with Crippen molar-refractivity contribution in [2.24, 2.45) is 0 Å². The molecule has 6 rings (SSSR count). The SMILES string of the molecule is O=C1CCc2cc(S(=O)(=O)Nc3cccc(-c4csc(-c5ccccc5)n4)c3)cc3c2N1CC3. The first-order valence-electron chi connectivity index (χ1n) is 11.1.